The molecule has 0 bridgehead atoms. The van der Waals surface area contributed by atoms with Gasteiger partial charge in [0, 0.05) is 18.1 Å². The van der Waals surface area contributed by atoms with Gasteiger partial charge in [0.1, 0.15) is 0 Å². The van der Waals surface area contributed by atoms with Gasteiger partial charge in [0.2, 0.25) is 10.0 Å². The molecule has 1 aliphatic heterocycles. The van der Waals surface area contributed by atoms with Gasteiger partial charge in [-0.05, 0) is 54.2 Å². The molecule has 1 fully saturated rings. The van der Waals surface area contributed by atoms with E-state index in [-0.39, 0.29) is 29.7 Å². The number of hydrogen-bond acceptors (Lipinski definition) is 4. The lowest BCUT2D eigenvalue weighted by molar-refractivity contribution is 0.345. The molecule has 1 aliphatic rings. The summed E-state index contributed by atoms with van der Waals surface area (Å²) in [7, 11) is -6.87. The summed E-state index contributed by atoms with van der Waals surface area (Å²) < 4.78 is 52.6. The largest absolute Gasteiger partial charge is 0.243 e. The predicted molar refractivity (Wildman–Crippen MR) is 117 cm³/mol. The summed E-state index contributed by atoms with van der Waals surface area (Å²) in [6.07, 6.45) is 0.677. The van der Waals surface area contributed by atoms with E-state index in [4.69, 9.17) is 11.6 Å². The quantitative estimate of drug-likeness (QED) is 0.653. The third-order valence-corrected chi connectivity index (χ3v) is 9.89. The van der Waals surface area contributed by atoms with Crippen molar-refractivity contribution in [2.24, 2.45) is 5.92 Å². The highest BCUT2D eigenvalue weighted by Crippen LogP contribution is 2.28. The van der Waals surface area contributed by atoms with Gasteiger partial charge in [-0.3, -0.25) is 0 Å². The third-order valence-electron chi connectivity index (χ3n) is 5.12. The van der Waals surface area contributed by atoms with E-state index >= 15 is 0 Å². The van der Waals surface area contributed by atoms with Crippen LogP contribution in [0.4, 0.5) is 0 Å². The van der Waals surface area contributed by atoms with E-state index < -0.39 is 25.1 Å². The second-order valence-electron chi connectivity index (χ2n) is 7.86. The number of halogens is 1. The standard InChI is InChI=1S/C21H26ClNO4S2/c1-16(2)15-28(24,25)20-10-12-23(13-11-20)29(26,27)21-5-3-4-18(14-21)17-6-8-19(22)9-7-17/h3-9,14,16,20H,10-13,15H2,1-2H3. The molecule has 0 radical (unpaired) electrons. The van der Waals surface area contributed by atoms with Gasteiger partial charge in [-0.2, -0.15) is 4.31 Å². The monoisotopic (exact) mass is 455 g/mol. The van der Waals surface area contributed by atoms with E-state index in [1.54, 1.807) is 30.3 Å². The fraction of sp³-hybridized carbons (Fsp3) is 0.429. The maximum atomic E-state index is 13.1. The Kier molecular flexibility index (Phi) is 6.73. The topological polar surface area (TPSA) is 71.5 Å². The molecule has 1 heterocycles. The lowest BCUT2D eigenvalue weighted by Gasteiger charge is -2.31. The van der Waals surface area contributed by atoms with Crippen LogP contribution in [-0.2, 0) is 19.9 Å². The lowest BCUT2D eigenvalue weighted by Crippen LogP contribution is -2.43. The number of sulfonamides is 1. The van der Waals surface area contributed by atoms with Crippen molar-refractivity contribution in [1.29, 1.82) is 0 Å². The zero-order valence-corrected chi connectivity index (χ0v) is 19.0. The number of sulfone groups is 1. The summed E-state index contributed by atoms with van der Waals surface area (Å²) in [4.78, 5) is 0.216. The number of benzene rings is 2. The highest BCUT2D eigenvalue weighted by Gasteiger charge is 2.35. The summed E-state index contributed by atoms with van der Waals surface area (Å²) in [5, 5.41) is 0.157. The second-order valence-corrected chi connectivity index (χ2v) is 12.6. The lowest BCUT2D eigenvalue weighted by atomic mass is 10.1. The Balaban J connectivity index is 1.77. The molecule has 2 aromatic carbocycles. The normalized spacial score (nSPS) is 17.0. The second kappa shape index (κ2) is 8.76. The van der Waals surface area contributed by atoms with Crippen LogP contribution >= 0.6 is 11.6 Å². The molecule has 3 rings (SSSR count). The van der Waals surface area contributed by atoms with E-state index in [0.717, 1.165) is 11.1 Å². The molecule has 0 amide bonds. The summed E-state index contributed by atoms with van der Waals surface area (Å²) in [5.41, 5.74) is 1.67. The molecule has 2 aromatic rings. The molecule has 0 saturated carbocycles. The van der Waals surface area contributed by atoms with Crippen molar-refractivity contribution in [2.45, 2.75) is 36.8 Å². The molecular weight excluding hydrogens is 430 g/mol. The molecule has 0 atom stereocenters. The van der Waals surface area contributed by atoms with Crippen molar-refractivity contribution in [2.75, 3.05) is 18.8 Å². The van der Waals surface area contributed by atoms with Crippen molar-refractivity contribution < 1.29 is 16.8 Å². The zero-order valence-electron chi connectivity index (χ0n) is 16.6. The van der Waals surface area contributed by atoms with Crippen LogP contribution in [0.1, 0.15) is 26.7 Å². The molecule has 5 nitrogen and oxygen atoms in total. The SMILES string of the molecule is CC(C)CS(=O)(=O)C1CCN(S(=O)(=O)c2cccc(-c3ccc(Cl)cc3)c2)CC1. The number of nitrogens with zero attached hydrogens (tertiary/aromatic N) is 1. The Labute approximate surface area is 178 Å². The Hall–Kier alpha value is -1.41. The zero-order chi connectivity index (χ0) is 21.2. The number of rotatable bonds is 6. The van der Waals surface area contributed by atoms with Crippen molar-refractivity contribution in [3.63, 3.8) is 0 Å². The first-order valence-electron chi connectivity index (χ1n) is 9.67. The van der Waals surface area contributed by atoms with Gasteiger partial charge >= 0.3 is 0 Å². The highest BCUT2D eigenvalue weighted by molar-refractivity contribution is 7.92. The van der Waals surface area contributed by atoms with Crippen LogP contribution in [0.2, 0.25) is 5.02 Å². The van der Waals surface area contributed by atoms with Gasteiger partial charge in [0.05, 0.1) is 15.9 Å². The summed E-state index contributed by atoms with van der Waals surface area (Å²) in [6.45, 7) is 4.20. The predicted octanol–water partition coefficient (Wildman–Crippen LogP) is 4.23. The highest BCUT2D eigenvalue weighted by atomic mass is 35.5. The van der Waals surface area contributed by atoms with Crippen molar-refractivity contribution in [3.8, 4) is 11.1 Å². The molecule has 29 heavy (non-hydrogen) atoms. The average molecular weight is 456 g/mol. The molecule has 0 unspecified atom stereocenters. The molecule has 0 spiro atoms. The van der Waals surface area contributed by atoms with E-state index in [1.165, 1.54) is 4.31 Å². The average Bonchev–Trinajstić information content (AvgIpc) is 2.68. The Morgan fingerprint density at radius 3 is 2.17 bits per heavy atom. The maximum Gasteiger partial charge on any atom is 0.243 e. The van der Waals surface area contributed by atoms with Crippen LogP contribution in [0, 0.1) is 5.92 Å². The van der Waals surface area contributed by atoms with Gasteiger partial charge in [-0.1, -0.05) is 49.7 Å². The molecule has 158 valence electrons. The van der Waals surface area contributed by atoms with Gasteiger partial charge in [0.15, 0.2) is 9.84 Å². The first-order valence-corrected chi connectivity index (χ1v) is 13.2. The minimum Gasteiger partial charge on any atom is -0.229 e. The Morgan fingerprint density at radius 2 is 1.59 bits per heavy atom. The number of hydrogen-bond donors (Lipinski definition) is 0. The smallest absolute Gasteiger partial charge is 0.229 e. The minimum atomic E-state index is -3.68. The van der Waals surface area contributed by atoms with Crippen LogP contribution in [0.5, 0.6) is 0 Å². The van der Waals surface area contributed by atoms with Gasteiger partial charge in [-0.15, -0.1) is 0 Å². The fourth-order valence-electron chi connectivity index (χ4n) is 3.66. The minimum absolute atomic E-state index is 0.0670. The van der Waals surface area contributed by atoms with E-state index in [1.807, 2.05) is 32.0 Å². The summed E-state index contributed by atoms with van der Waals surface area (Å²) >= 11 is 5.93. The van der Waals surface area contributed by atoms with Gasteiger partial charge < -0.3 is 0 Å². The van der Waals surface area contributed by atoms with Crippen LogP contribution in [0.15, 0.2) is 53.4 Å². The first kappa shape index (κ1) is 22.3. The van der Waals surface area contributed by atoms with E-state index in [9.17, 15) is 16.8 Å². The van der Waals surface area contributed by atoms with Crippen molar-refractivity contribution in [3.05, 3.63) is 53.6 Å². The summed E-state index contributed by atoms with van der Waals surface area (Å²) in [6, 6.07) is 14.0. The van der Waals surface area contributed by atoms with Crippen LogP contribution in [0.25, 0.3) is 11.1 Å². The van der Waals surface area contributed by atoms with Crippen LogP contribution in [0.3, 0.4) is 0 Å². The number of piperidine rings is 1. The van der Waals surface area contributed by atoms with E-state index in [2.05, 4.69) is 0 Å². The van der Waals surface area contributed by atoms with Crippen LogP contribution < -0.4 is 0 Å². The van der Waals surface area contributed by atoms with Crippen molar-refractivity contribution >= 4 is 31.5 Å². The van der Waals surface area contributed by atoms with Gasteiger partial charge in [-0.25, -0.2) is 16.8 Å². The fourth-order valence-corrected chi connectivity index (χ4v) is 7.43. The van der Waals surface area contributed by atoms with Gasteiger partial charge in [0.25, 0.3) is 0 Å². The molecule has 0 aliphatic carbocycles. The molecule has 0 aromatic heterocycles. The van der Waals surface area contributed by atoms with E-state index in [0.29, 0.717) is 17.9 Å². The molecular formula is C21H26ClNO4S2. The Morgan fingerprint density at radius 1 is 0.966 bits per heavy atom. The molecule has 8 heteroatoms. The molecule has 0 N–H and O–H groups in total. The third kappa shape index (κ3) is 5.20. The molecule has 1 saturated heterocycles. The maximum absolute atomic E-state index is 13.1. The summed E-state index contributed by atoms with van der Waals surface area (Å²) in [5.74, 6) is 0.213. The Bertz CT molecular complexity index is 1060. The van der Waals surface area contributed by atoms with Crippen molar-refractivity contribution in [1.82, 2.24) is 4.31 Å². The van der Waals surface area contributed by atoms with Crippen LogP contribution in [-0.4, -0.2) is 45.2 Å². The first-order chi connectivity index (χ1) is 13.6.